The van der Waals surface area contributed by atoms with Crippen molar-refractivity contribution in [2.45, 2.75) is 65.0 Å². The molecule has 0 aromatic heterocycles. The zero-order valence-electron chi connectivity index (χ0n) is 13.3. The number of carbonyl (C=O) groups excluding carboxylic acids is 1. The van der Waals surface area contributed by atoms with Crippen molar-refractivity contribution in [3.05, 3.63) is 0 Å². The fourth-order valence-electron chi connectivity index (χ4n) is 2.14. The van der Waals surface area contributed by atoms with Gasteiger partial charge < -0.3 is 10.1 Å². The van der Waals surface area contributed by atoms with E-state index in [1.165, 1.54) is 0 Å². The molecule has 7 heteroatoms. The molecule has 0 aromatic rings. The maximum Gasteiger partial charge on any atom is 0.407 e. The fraction of sp³-hybridized carbons (Fsp3) is 0.857. The Morgan fingerprint density at radius 1 is 1.29 bits per heavy atom. The summed E-state index contributed by atoms with van der Waals surface area (Å²) < 4.78 is 31.5. The molecule has 21 heavy (non-hydrogen) atoms. The maximum atomic E-state index is 11.7. The average Bonchev–Trinajstić information content (AvgIpc) is 2.36. The lowest BCUT2D eigenvalue weighted by Gasteiger charge is -2.28. The molecule has 6 nitrogen and oxygen atoms in total. The Kier molecular flexibility index (Phi) is 6.19. The quantitative estimate of drug-likeness (QED) is 0.807. The Balaban J connectivity index is 2.38. The minimum atomic E-state index is -3.29. The van der Waals surface area contributed by atoms with E-state index in [0.717, 1.165) is 25.7 Å². The lowest BCUT2D eigenvalue weighted by Crippen LogP contribution is -2.41. The second kappa shape index (κ2) is 7.24. The predicted octanol–water partition coefficient (Wildman–Crippen LogP) is 2.49. The van der Waals surface area contributed by atoms with Crippen LogP contribution in [-0.4, -0.2) is 38.1 Å². The van der Waals surface area contributed by atoms with Crippen LogP contribution in [0.5, 0.6) is 0 Å². The van der Waals surface area contributed by atoms with Gasteiger partial charge in [-0.05, 0) is 59.3 Å². The Bertz CT molecular complexity index is 472. The van der Waals surface area contributed by atoms with Gasteiger partial charge in [-0.25, -0.2) is 13.2 Å². The molecule has 1 fully saturated rings. The Hall–Kier alpha value is -1.11. The number of rotatable bonds is 4. The molecule has 1 aliphatic carbocycles. The largest absolute Gasteiger partial charge is 0.444 e. The van der Waals surface area contributed by atoms with E-state index >= 15 is 0 Å². The summed E-state index contributed by atoms with van der Waals surface area (Å²) in [5.74, 6) is 0.196. The summed E-state index contributed by atoms with van der Waals surface area (Å²) in [7, 11) is -3.29. The number of nitrogens with zero attached hydrogens (tertiary/aromatic N) is 1. The van der Waals surface area contributed by atoms with Gasteiger partial charge in [-0.1, -0.05) is 0 Å². The average molecular weight is 318 g/mol. The SMILES string of the molecule is CCS(=O)(=O)N=CC1CCC(NC(=O)OC(C)(C)C)CC1. The van der Waals surface area contributed by atoms with Gasteiger partial charge in [-0.15, -0.1) is 0 Å². The standard InChI is InChI=1S/C14H26N2O4S/c1-5-21(18,19)15-10-11-6-8-12(9-7-11)16-13(17)20-14(2,3)4/h10-12H,5-9H2,1-4H3,(H,16,17). The molecule has 1 amide bonds. The highest BCUT2D eigenvalue weighted by atomic mass is 32.2. The molecule has 0 radical (unpaired) electrons. The van der Waals surface area contributed by atoms with Gasteiger partial charge in [0.2, 0.25) is 0 Å². The molecule has 1 N–H and O–H groups in total. The van der Waals surface area contributed by atoms with Gasteiger partial charge in [0.1, 0.15) is 5.60 Å². The molecule has 0 aromatic carbocycles. The van der Waals surface area contributed by atoms with Crippen molar-refractivity contribution in [2.75, 3.05) is 5.75 Å². The first-order chi connectivity index (χ1) is 9.61. The van der Waals surface area contributed by atoms with E-state index in [-0.39, 0.29) is 17.7 Å². The minimum absolute atomic E-state index is 0.0268. The minimum Gasteiger partial charge on any atom is -0.444 e. The second-order valence-corrected chi connectivity index (χ2v) is 8.34. The molecule has 0 saturated heterocycles. The lowest BCUT2D eigenvalue weighted by atomic mass is 9.87. The van der Waals surface area contributed by atoms with Gasteiger partial charge in [0.15, 0.2) is 0 Å². The number of amides is 1. The van der Waals surface area contributed by atoms with Crippen LogP contribution in [0, 0.1) is 5.92 Å². The first-order valence-corrected chi connectivity index (χ1v) is 9.00. The van der Waals surface area contributed by atoms with Crippen molar-refractivity contribution >= 4 is 22.3 Å². The molecule has 0 spiro atoms. The van der Waals surface area contributed by atoms with Crippen molar-refractivity contribution in [1.29, 1.82) is 0 Å². The highest BCUT2D eigenvalue weighted by Crippen LogP contribution is 2.23. The Labute approximate surface area is 127 Å². The normalized spacial score (nSPS) is 24.0. The van der Waals surface area contributed by atoms with Gasteiger partial charge in [0.05, 0.1) is 5.75 Å². The first kappa shape index (κ1) is 17.9. The summed E-state index contributed by atoms with van der Waals surface area (Å²) in [5, 5.41) is 2.86. The van der Waals surface area contributed by atoms with Crippen LogP contribution in [0.1, 0.15) is 53.4 Å². The number of carbonyl (C=O) groups is 1. The van der Waals surface area contributed by atoms with Crippen LogP contribution in [0.2, 0.25) is 0 Å². The Morgan fingerprint density at radius 2 is 1.86 bits per heavy atom. The van der Waals surface area contributed by atoms with E-state index < -0.39 is 21.7 Å². The molecule has 0 atom stereocenters. The van der Waals surface area contributed by atoms with Gasteiger partial charge in [0, 0.05) is 12.3 Å². The van der Waals surface area contributed by atoms with E-state index in [4.69, 9.17) is 4.74 Å². The third-order valence-corrected chi connectivity index (χ3v) is 4.46. The number of hydrogen-bond acceptors (Lipinski definition) is 4. The topological polar surface area (TPSA) is 84.8 Å². The Morgan fingerprint density at radius 3 is 2.33 bits per heavy atom. The number of hydrogen-bond donors (Lipinski definition) is 1. The molecule has 0 aliphatic heterocycles. The summed E-state index contributed by atoms with van der Waals surface area (Å²) >= 11 is 0. The van der Waals surface area contributed by atoms with Gasteiger partial charge in [-0.3, -0.25) is 0 Å². The van der Waals surface area contributed by atoms with Crippen LogP contribution < -0.4 is 5.32 Å². The third-order valence-electron chi connectivity index (χ3n) is 3.29. The number of nitrogens with one attached hydrogen (secondary N) is 1. The van der Waals surface area contributed by atoms with Gasteiger partial charge >= 0.3 is 6.09 Å². The third kappa shape index (κ3) is 7.45. The molecule has 1 aliphatic rings. The maximum absolute atomic E-state index is 11.7. The summed E-state index contributed by atoms with van der Waals surface area (Å²) in [6.07, 6.45) is 4.41. The number of sulfonamides is 1. The molecular formula is C14H26N2O4S. The van der Waals surface area contributed by atoms with E-state index in [1.807, 2.05) is 20.8 Å². The van der Waals surface area contributed by atoms with Crippen LogP contribution in [0.15, 0.2) is 4.40 Å². The smallest absolute Gasteiger partial charge is 0.407 e. The van der Waals surface area contributed by atoms with Crippen LogP contribution >= 0.6 is 0 Å². The first-order valence-electron chi connectivity index (χ1n) is 7.39. The number of alkyl carbamates (subject to hydrolysis) is 1. The van der Waals surface area contributed by atoms with Gasteiger partial charge in [-0.2, -0.15) is 4.40 Å². The van der Waals surface area contributed by atoms with E-state index in [1.54, 1.807) is 13.1 Å². The van der Waals surface area contributed by atoms with Crippen molar-refractivity contribution in [3.8, 4) is 0 Å². The highest BCUT2D eigenvalue weighted by Gasteiger charge is 2.24. The summed E-state index contributed by atoms with van der Waals surface area (Å²) in [6, 6.07) is 0.0901. The molecular weight excluding hydrogens is 292 g/mol. The molecule has 122 valence electrons. The predicted molar refractivity (Wildman–Crippen MR) is 83.1 cm³/mol. The van der Waals surface area contributed by atoms with Gasteiger partial charge in [0.25, 0.3) is 10.0 Å². The lowest BCUT2D eigenvalue weighted by molar-refractivity contribution is 0.0491. The molecule has 0 unspecified atom stereocenters. The van der Waals surface area contributed by atoms with Crippen molar-refractivity contribution in [3.63, 3.8) is 0 Å². The zero-order chi connectivity index (χ0) is 16.1. The molecule has 1 saturated carbocycles. The van der Waals surface area contributed by atoms with Crippen molar-refractivity contribution in [1.82, 2.24) is 5.32 Å². The van der Waals surface area contributed by atoms with E-state index in [2.05, 4.69) is 9.71 Å². The summed E-state index contributed by atoms with van der Waals surface area (Å²) in [4.78, 5) is 11.7. The number of ether oxygens (including phenoxy) is 1. The van der Waals surface area contributed by atoms with Crippen LogP contribution in [0.4, 0.5) is 4.79 Å². The van der Waals surface area contributed by atoms with E-state index in [9.17, 15) is 13.2 Å². The molecule has 1 rings (SSSR count). The van der Waals surface area contributed by atoms with Crippen molar-refractivity contribution in [2.24, 2.45) is 10.3 Å². The van der Waals surface area contributed by atoms with Crippen LogP contribution in [0.3, 0.4) is 0 Å². The summed E-state index contributed by atoms with van der Waals surface area (Å²) in [6.45, 7) is 7.06. The fourth-order valence-corrected chi connectivity index (χ4v) is 2.65. The molecule has 0 bridgehead atoms. The van der Waals surface area contributed by atoms with Crippen LogP contribution in [-0.2, 0) is 14.8 Å². The monoisotopic (exact) mass is 318 g/mol. The van der Waals surface area contributed by atoms with E-state index in [0.29, 0.717) is 0 Å². The molecule has 0 heterocycles. The highest BCUT2D eigenvalue weighted by molar-refractivity contribution is 7.90. The summed E-state index contributed by atoms with van der Waals surface area (Å²) in [5.41, 5.74) is -0.498. The second-order valence-electron chi connectivity index (χ2n) is 6.38. The van der Waals surface area contributed by atoms with Crippen molar-refractivity contribution < 1.29 is 17.9 Å². The zero-order valence-corrected chi connectivity index (χ0v) is 14.1. The van der Waals surface area contributed by atoms with Crippen LogP contribution in [0.25, 0.3) is 0 Å².